The number of carbonyl (C=O) groups excluding carboxylic acids is 1. The maximum absolute atomic E-state index is 11.8. The largest absolute Gasteiger partial charge is 0.397 e. The Morgan fingerprint density at radius 1 is 1.47 bits per heavy atom. The van der Waals surface area contributed by atoms with Gasteiger partial charge in [0.25, 0.3) is 0 Å². The first kappa shape index (κ1) is 13.5. The Morgan fingerprint density at radius 3 is 2.84 bits per heavy atom. The van der Waals surface area contributed by atoms with Crippen LogP contribution in [0.5, 0.6) is 0 Å². The zero-order valence-electron chi connectivity index (χ0n) is 10.9. The Morgan fingerprint density at radius 2 is 2.21 bits per heavy atom. The van der Waals surface area contributed by atoms with Crippen molar-refractivity contribution in [3.05, 3.63) is 36.0 Å². The fraction of sp³-hybridized carbons (Fsp3) is 0.231. The molecule has 0 unspecified atom stereocenters. The van der Waals surface area contributed by atoms with Crippen molar-refractivity contribution in [2.75, 3.05) is 16.8 Å². The lowest BCUT2D eigenvalue weighted by Crippen LogP contribution is -2.15. The first-order valence-corrected chi connectivity index (χ1v) is 6.82. The van der Waals surface area contributed by atoms with Crippen molar-refractivity contribution < 1.29 is 4.79 Å². The topological polar surface area (TPSA) is 72.9 Å². The van der Waals surface area contributed by atoms with Crippen LogP contribution in [0, 0.1) is 6.92 Å². The van der Waals surface area contributed by atoms with E-state index in [4.69, 9.17) is 5.73 Å². The van der Waals surface area contributed by atoms with Gasteiger partial charge in [0, 0.05) is 7.05 Å². The molecule has 0 aliphatic rings. The molecule has 1 heterocycles. The number of hydrogen-bond donors (Lipinski definition) is 2. The molecule has 0 aliphatic carbocycles. The van der Waals surface area contributed by atoms with Gasteiger partial charge in [-0.1, -0.05) is 23.9 Å². The Balaban J connectivity index is 1.92. The van der Waals surface area contributed by atoms with Gasteiger partial charge in [0.1, 0.15) is 0 Å². The molecule has 0 spiro atoms. The summed E-state index contributed by atoms with van der Waals surface area (Å²) in [6, 6.07) is 9.16. The van der Waals surface area contributed by atoms with Crippen molar-refractivity contribution in [3.8, 4) is 0 Å². The molecule has 6 heteroatoms. The monoisotopic (exact) mass is 276 g/mol. The second-order valence-corrected chi connectivity index (χ2v) is 5.17. The normalized spacial score (nSPS) is 10.4. The molecule has 0 bridgehead atoms. The summed E-state index contributed by atoms with van der Waals surface area (Å²) >= 11 is 1.45. The molecule has 5 nitrogen and oxygen atoms in total. The lowest BCUT2D eigenvalue weighted by molar-refractivity contribution is -0.113. The maximum Gasteiger partial charge on any atom is 0.234 e. The molecular formula is C13H16N4OS. The van der Waals surface area contributed by atoms with Crippen LogP contribution in [0.4, 0.5) is 11.4 Å². The minimum Gasteiger partial charge on any atom is -0.397 e. The molecule has 100 valence electrons. The number of rotatable bonds is 4. The molecular weight excluding hydrogens is 260 g/mol. The Labute approximate surface area is 116 Å². The molecule has 2 aromatic rings. The van der Waals surface area contributed by atoms with Crippen molar-refractivity contribution in [3.63, 3.8) is 0 Å². The maximum atomic E-state index is 11.8. The van der Waals surface area contributed by atoms with Gasteiger partial charge in [-0.15, -0.1) is 0 Å². The van der Waals surface area contributed by atoms with Crippen LogP contribution in [-0.4, -0.2) is 21.4 Å². The number of thioether (sulfide) groups is 1. The molecule has 0 saturated carbocycles. The van der Waals surface area contributed by atoms with Gasteiger partial charge in [0.2, 0.25) is 5.91 Å². The molecule has 2 rings (SSSR count). The van der Waals surface area contributed by atoms with Gasteiger partial charge in [-0.05, 0) is 25.1 Å². The summed E-state index contributed by atoms with van der Waals surface area (Å²) in [6.45, 7) is 1.93. The van der Waals surface area contributed by atoms with Crippen LogP contribution >= 0.6 is 11.8 Å². The second-order valence-electron chi connectivity index (χ2n) is 4.17. The lowest BCUT2D eigenvalue weighted by atomic mass is 10.3. The number of para-hydroxylation sites is 2. The second kappa shape index (κ2) is 5.79. The summed E-state index contributed by atoms with van der Waals surface area (Å²) in [6.07, 6.45) is 0. The van der Waals surface area contributed by atoms with Gasteiger partial charge in [0.05, 0.1) is 27.8 Å². The highest BCUT2D eigenvalue weighted by molar-refractivity contribution is 7.99. The van der Waals surface area contributed by atoms with E-state index in [1.54, 1.807) is 16.8 Å². The number of amides is 1. The Kier molecular flexibility index (Phi) is 4.11. The number of nitrogen functional groups attached to an aromatic ring is 1. The fourth-order valence-electron chi connectivity index (χ4n) is 1.66. The van der Waals surface area contributed by atoms with Crippen LogP contribution in [0.1, 0.15) is 5.69 Å². The highest BCUT2D eigenvalue weighted by atomic mass is 32.2. The van der Waals surface area contributed by atoms with Crippen molar-refractivity contribution in [1.29, 1.82) is 0 Å². The van der Waals surface area contributed by atoms with Gasteiger partial charge in [-0.2, -0.15) is 5.10 Å². The Hall–Kier alpha value is -1.95. The van der Waals surface area contributed by atoms with Gasteiger partial charge in [-0.25, -0.2) is 0 Å². The standard InChI is InChI=1S/C13H16N4OS/c1-9-7-13(17(2)16-9)19-8-12(18)15-11-6-4-3-5-10(11)14/h3-7H,8,14H2,1-2H3,(H,15,18). The molecule has 1 amide bonds. The summed E-state index contributed by atoms with van der Waals surface area (Å²) in [5, 5.41) is 7.99. The third-order valence-electron chi connectivity index (χ3n) is 2.55. The minimum atomic E-state index is -0.0817. The highest BCUT2D eigenvalue weighted by Gasteiger charge is 2.08. The van der Waals surface area contributed by atoms with Crippen molar-refractivity contribution in [2.45, 2.75) is 11.9 Å². The average Bonchev–Trinajstić information content (AvgIpc) is 2.68. The van der Waals surface area contributed by atoms with Gasteiger partial charge in [0.15, 0.2) is 0 Å². The number of nitrogens with two attached hydrogens (primary N) is 1. The van der Waals surface area contributed by atoms with Crippen LogP contribution in [0.15, 0.2) is 35.4 Å². The third kappa shape index (κ3) is 3.51. The average molecular weight is 276 g/mol. The number of nitrogens with zero attached hydrogens (tertiary/aromatic N) is 2. The molecule has 3 N–H and O–H groups in total. The number of benzene rings is 1. The van der Waals surface area contributed by atoms with E-state index < -0.39 is 0 Å². The van der Waals surface area contributed by atoms with Crippen molar-refractivity contribution in [1.82, 2.24) is 9.78 Å². The smallest absolute Gasteiger partial charge is 0.234 e. The van der Waals surface area contributed by atoms with E-state index in [2.05, 4.69) is 10.4 Å². The number of aromatic nitrogens is 2. The quantitative estimate of drug-likeness (QED) is 0.662. The summed E-state index contributed by atoms with van der Waals surface area (Å²) in [7, 11) is 1.86. The SMILES string of the molecule is Cc1cc(SCC(=O)Nc2ccccc2N)n(C)n1. The number of carbonyl (C=O) groups is 1. The zero-order chi connectivity index (χ0) is 13.8. The first-order valence-electron chi connectivity index (χ1n) is 5.84. The van der Waals surface area contributed by atoms with E-state index in [0.29, 0.717) is 17.1 Å². The summed E-state index contributed by atoms with van der Waals surface area (Å²) < 4.78 is 1.77. The molecule has 0 aliphatic heterocycles. The van der Waals surface area contributed by atoms with E-state index >= 15 is 0 Å². The molecule has 0 fully saturated rings. The minimum absolute atomic E-state index is 0.0817. The predicted molar refractivity (Wildman–Crippen MR) is 78.2 cm³/mol. The van der Waals surface area contributed by atoms with E-state index in [9.17, 15) is 4.79 Å². The van der Waals surface area contributed by atoms with Crippen LogP contribution in [0.25, 0.3) is 0 Å². The summed E-state index contributed by atoms with van der Waals surface area (Å²) in [4.78, 5) is 11.8. The van der Waals surface area contributed by atoms with Gasteiger partial charge in [-0.3, -0.25) is 9.48 Å². The van der Waals surface area contributed by atoms with E-state index in [1.807, 2.05) is 32.2 Å². The molecule has 19 heavy (non-hydrogen) atoms. The number of aryl methyl sites for hydroxylation is 2. The van der Waals surface area contributed by atoms with Crippen LogP contribution in [0.2, 0.25) is 0 Å². The van der Waals surface area contributed by atoms with E-state index in [-0.39, 0.29) is 5.91 Å². The van der Waals surface area contributed by atoms with Crippen LogP contribution < -0.4 is 11.1 Å². The molecule has 0 atom stereocenters. The summed E-state index contributed by atoms with van der Waals surface area (Å²) in [5.74, 6) is 0.245. The van der Waals surface area contributed by atoms with Crippen LogP contribution in [-0.2, 0) is 11.8 Å². The summed E-state index contributed by atoms with van der Waals surface area (Å²) in [5.41, 5.74) is 7.92. The first-order chi connectivity index (χ1) is 9.06. The van der Waals surface area contributed by atoms with E-state index in [0.717, 1.165) is 10.7 Å². The molecule has 1 aromatic carbocycles. The van der Waals surface area contributed by atoms with E-state index in [1.165, 1.54) is 11.8 Å². The zero-order valence-corrected chi connectivity index (χ0v) is 11.7. The number of anilines is 2. The molecule has 0 saturated heterocycles. The highest BCUT2D eigenvalue weighted by Crippen LogP contribution is 2.20. The molecule has 1 aromatic heterocycles. The fourth-order valence-corrected chi connectivity index (χ4v) is 2.49. The Bertz CT molecular complexity index is 594. The van der Waals surface area contributed by atoms with Gasteiger partial charge < -0.3 is 11.1 Å². The van der Waals surface area contributed by atoms with Crippen molar-refractivity contribution >= 4 is 29.0 Å². The predicted octanol–water partition coefficient (Wildman–Crippen LogP) is 2.04. The molecule has 0 radical (unpaired) electrons. The third-order valence-corrected chi connectivity index (χ3v) is 3.63. The van der Waals surface area contributed by atoms with Crippen LogP contribution in [0.3, 0.4) is 0 Å². The van der Waals surface area contributed by atoms with Crippen molar-refractivity contribution in [2.24, 2.45) is 7.05 Å². The number of nitrogens with one attached hydrogen (secondary N) is 1. The lowest BCUT2D eigenvalue weighted by Gasteiger charge is -2.07. The number of hydrogen-bond acceptors (Lipinski definition) is 4. The van der Waals surface area contributed by atoms with Gasteiger partial charge >= 0.3 is 0 Å².